The molecule has 0 saturated heterocycles. The van der Waals surface area contributed by atoms with Crippen LogP contribution in [0.15, 0.2) is 48.5 Å². The number of carbonyl (C=O) groups excluding carboxylic acids is 1. The molecule has 26 heavy (non-hydrogen) atoms. The van der Waals surface area contributed by atoms with Crippen molar-refractivity contribution in [2.24, 2.45) is 0 Å². The van der Waals surface area contributed by atoms with Crippen LogP contribution < -0.4 is 19.7 Å². The fourth-order valence-electron chi connectivity index (χ4n) is 3.14. The highest BCUT2D eigenvalue weighted by atomic mass is 16.5. The molecule has 5 nitrogen and oxygen atoms in total. The Kier molecular flexibility index (Phi) is 5.35. The van der Waals surface area contributed by atoms with Crippen molar-refractivity contribution in [3.63, 3.8) is 0 Å². The minimum absolute atomic E-state index is 0.130. The lowest BCUT2D eigenvalue weighted by molar-refractivity contribution is -0.119. The largest absolute Gasteiger partial charge is 0.497 e. The van der Waals surface area contributed by atoms with E-state index in [1.807, 2.05) is 53.4 Å². The normalized spacial score (nSPS) is 15.0. The van der Waals surface area contributed by atoms with Gasteiger partial charge in [-0.15, -0.1) is 0 Å². The summed E-state index contributed by atoms with van der Waals surface area (Å²) in [6.45, 7) is 5.38. The van der Waals surface area contributed by atoms with E-state index in [4.69, 9.17) is 9.47 Å². The van der Waals surface area contributed by atoms with Crippen molar-refractivity contribution in [3.8, 4) is 11.5 Å². The lowest BCUT2D eigenvalue weighted by atomic mass is 9.99. The van der Waals surface area contributed by atoms with Crippen molar-refractivity contribution in [1.29, 1.82) is 0 Å². The first-order valence-corrected chi connectivity index (χ1v) is 8.93. The molecule has 0 aliphatic carbocycles. The third-order valence-corrected chi connectivity index (χ3v) is 4.39. The molecule has 1 N–H and O–H groups in total. The summed E-state index contributed by atoms with van der Waals surface area (Å²) in [5.74, 6) is 1.71. The molecule has 0 saturated carbocycles. The van der Waals surface area contributed by atoms with Gasteiger partial charge < -0.3 is 19.7 Å². The van der Waals surface area contributed by atoms with Crippen molar-refractivity contribution in [3.05, 3.63) is 48.5 Å². The topological polar surface area (TPSA) is 50.8 Å². The fraction of sp³-hybridized carbons (Fsp3) is 0.381. The van der Waals surface area contributed by atoms with E-state index in [0.29, 0.717) is 26.0 Å². The zero-order valence-corrected chi connectivity index (χ0v) is 15.6. The number of nitrogens with one attached hydrogen (secondary N) is 1. The highest BCUT2D eigenvalue weighted by molar-refractivity contribution is 5.98. The molecule has 2 aromatic carbocycles. The van der Waals surface area contributed by atoms with Gasteiger partial charge in [0, 0.05) is 18.5 Å². The number of benzene rings is 2. The van der Waals surface area contributed by atoms with Crippen LogP contribution >= 0.6 is 0 Å². The number of hydrogen-bond acceptors (Lipinski definition) is 4. The number of hydrogen-bond donors (Lipinski definition) is 1. The van der Waals surface area contributed by atoms with Gasteiger partial charge in [0.1, 0.15) is 11.5 Å². The van der Waals surface area contributed by atoms with Gasteiger partial charge in [0.25, 0.3) is 0 Å². The van der Waals surface area contributed by atoms with Crippen LogP contribution in [0.1, 0.15) is 26.7 Å². The van der Waals surface area contributed by atoms with Gasteiger partial charge in [0.05, 0.1) is 25.1 Å². The standard InChI is InChI=1S/C21H26N2O3/c1-21(2)15-23(19-8-5-4-7-18(19)22-21)20(24)9-6-14-26-17-12-10-16(25-3)11-13-17/h4-5,7-8,10-13,22H,6,9,14-15H2,1-3H3. The predicted molar refractivity (Wildman–Crippen MR) is 104 cm³/mol. The second-order valence-electron chi connectivity index (χ2n) is 7.13. The van der Waals surface area contributed by atoms with E-state index in [1.165, 1.54) is 0 Å². The van der Waals surface area contributed by atoms with E-state index in [1.54, 1.807) is 7.11 Å². The average molecular weight is 354 g/mol. The first-order chi connectivity index (χ1) is 12.5. The third-order valence-electron chi connectivity index (χ3n) is 4.39. The minimum atomic E-state index is -0.149. The molecule has 1 amide bonds. The number of methoxy groups -OCH3 is 1. The molecule has 1 aliphatic rings. The van der Waals surface area contributed by atoms with Gasteiger partial charge >= 0.3 is 0 Å². The molecule has 1 aliphatic heterocycles. The van der Waals surface area contributed by atoms with Crippen LogP contribution in [0.4, 0.5) is 11.4 Å². The molecule has 0 fully saturated rings. The summed E-state index contributed by atoms with van der Waals surface area (Å²) < 4.78 is 10.8. The third kappa shape index (κ3) is 4.28. The Balaban J connectivity index is 1.54. The number of para-hydroxylation sites is 2. The molecular weight excluding hydrogens is 328 g/mol. The Morgan fingerprint density at radius 2 is 1.81 bits per heavy atom. The zero-order chi connectivity index (χ0) is 18.6. The molecule has 0 bridgehead atoms. The van der Waals surface area contributed by atoms with Gasteiger partial charge in [-0.1, -0.05) is 12.1 Å². The number of rotatable bonds is 6. The van der Waals surface area contributed by atoms with E-state index < -0.39 is 0 Å². The monoisotopic (exact) mass is 354 g/mol. The molecule has 0 spiro atoms. The van der Waals surface area contributed by atoms with Gasteiger partial charge in [-0.25, -0.2) is 0 Å². The van der Waals surface area contributed by atoms with Crippen LogP contribution in [0, 0.1) is 0 Å². The molecular formula is C21H26N2O3. The number of amides is 1. The molecule has 2 aromatic rings. The van der Waals surface area contributed by atoms with Gasteiger partial charge in [-0.3, -0.25) is 4.79 Å². The van der Waals surface area contributed by atoms with E-state index >= 15 is 0 Å². The summed E-state index contributed by atoms with van der Waals surface area (Å²) >= 11 is 0. The van der Waals surface area contributed by atoms with Crippen LogP contribution in [-0.2, 0) is 4.79 Å². The van der Waals surface area contributed by atoms with Crippen LogP contribution in [0.5, 0.6) is 11.5 Å². The summed E-state index contributed by atoms with van der Waals surface area (Å²) in [7, 11) is 1.64. The number of carbonyl (C=O) groups is 1. The van der Waals surface area contributed by atoms with E-state index in [0.717, 1.165) is 22.9 Å². The molecule has 0 radical (unpaired) electrons. The minimum Gasteiger partial charge on any atom is -0.497 e. The average Bonchev–Trinajstić information content (AvgIpc) is 2.64. The lowest BCUT2D eigenvalue weighted by Crippen LogP contribution is -2.50. The van der Waals surface area contributed by atoms with Crippen molar-refractivity contribution >= 4 is 17.3 Å². The maximum absolute atomic E-state index is 12.8. The quantitative estimate of drug-likeness (QED) is 0.794. The Morgan fingerprint density at radius 3 is 2.54 bits per heavy atom. The fourth-order valence-corrected chi connectivity index (χ4v) is 3.14. The highest BCUT2D eigenvalue weighted by Crippen LogP contribution is 2.34. The maximum Gasteiger partial charge on any atom is 0.227 e. The van der Waals surface area contributed by atoms with Crippen LogP contribution in [0.25, 0.3) is 0 Å². The van der Waals surface area contributed by atoms with E-state index in [-0.39, 0.29) is 11.4 Å². The smallest absolute Gasteiger partial charge is 0.227 e. The molecule has 0 atom stereocenters. The summed E-state index contributed by atoms with van der Waals surface area (Å²) in [5, 5.41) is 3.49. The van der Waals surface area contributed by atoms with Gasteiger partial charge in [0.15, 0.2) is 0 Å². The van der Waals surface area contributed by atoms with Crippen molar-refractivity contribution in [2.45, 2.75) is 32.2 Å². The summed E-state index contributed by atoms with van der Waals surface area (Å²) in [6.07, 6.45) is 1.14. The Labute approximate surface area is 154 Å². The predicted octanol–water partition coefficient (Wildman–Crippen LogP) is 4.09. The number of anilines is 2. The van der Waals surface area contributed by atoms with Crippen molar-refractivity contribution in [1.82, 2.24) is 0 Å². The first kappa shape index (κ1) is 18.1. The second-order valence-corrected chi connectivity index (χ2v) is 7.13. The van der Waals surface area contributed by atoms with Crippen LogP contribution in [0.3, 0.4) is 0 Å². The molecule has 5 heteroatoms. The molecule has 3 rings (SSSR count). The van der Waals surface area contributed by atoms with E-state index in [2.05, 4.69) is 19.2 Å². The van der Waals surface area contributed by atoms with Gasteiger partial charge in [-0.2, -0.15) is 0 Å². The number of nitrogens with zero attached hydrogens (tertiary/aromatic N) is 1. The number of ether oxygens (including phenoxy) is 2. The highest BCUT2D eigenvalue weighted by Gasteiger charge is 2.32. The summed E-state index contributed by atoms with van der Waals surface area (Å²) in [5.41, 5.74) is 1.81. The Bertz CT molecular complexity index is 756. The summed E-state index contributed by atoms with van der Waals surface area (Å²) in [6, 6.07) is 15.4. The molecule has 138 valence electrons. The molecule has 0 unspecified atom stereocenters. The molecule has 1 heterocycles. The van der Waals surface area contributed by atoms with Gasteiger partial charge in [0.2, 0.25) is 5.91 Å². The van der Waals surface area contributed by atoms with Gasteiger partial charge in [-0.05, 0) is 56.7 Å². The zero-order valence-electron chi connectivity index (χ0n) is 15.6. The Hall–Kier alpha value is -2.69. The maximum atomic E-state index is 12.8. The molecule has 0 aromatic heterocycles. The van der Waals surface area contributed by atoms with Crippen molar-refractivity contribution < 1.29 is 14.3 Å². The SMILES string of the molecule is COc1ccc(OCCCC(=O)N2CC(C)(C)Nc3ccccc32)cc1. The second kappa shape index (κ2) is 7.68. The Morgan fingerprint density at radius 1 is 1.12 bits per heavy atom. The van der Waals surface area contributed by atoms with E-state index in [9.17, 15) is 4.79 Å². The first-order valence-electron chi connectivity index (χ1n) is 8.93. The van der Waals surface area contributed by atoms with Crippen molar-refractivity contribution in [2.75, 3.05) is 30.5 Å². The number of fused-ring (bicyclic) bond motifs is 1. The van der Waals surface area contributed by atoms with Crippen LogP contribution in [-0.4, -0.2) is 31.7 Å². The lowest BCUT2D eigenvalue weighted by Gasteiger charge is -2.41. The van der Waals surface area contributed by atoms with Crippen LogP contribution in [0.2, 0.25) is 0 Å². The summed E-state index contributed by atoms with van der Waals surface area (Å²) in [4.78, 5) is 14.7.